The molecule has 0 fully saturated rings. The minimum absolute atomic E-state index is 0.327. The molecule has 30 heavy (non-hydrogen) atoms. The minimum atomic E-state index is -0.845. The van der Waals surface area contributed by atoms with E-state index >= 15 is 0 Å². The Hall–Kier alpha value is -0.120. The molecular formula is C27H56O3. The third-order valence-corrected chi connectivity index (χ3v) is 6.10. The minimum Gasteiger partial charge on any atom is -0.328 e. The Bertz CT molecular complexity index is 315. The lowest BCUT2D eigenvalue weighted by atomic mass is 9.91. The lowest BCUT2D eigenvalue weighted by Gasteiger charge is -2.39. The van der Waals surface area contributed by atoms with Crippen molar-refractivity contribution in [2.75, 3.05) is 19.8 Å². The highest BCUT2D eigenvalue weighted by molar-refractivity contribution is 4.73. The SMILES string of the molecule is CCCCCCCCCCCC(CCCCCCCC)C(OCC)(OCC)OCC. The van der Waals surface area contributed by atoms with Gasteiger partial charge >= 0.3 is 0 Å². The molecule has 0 aliphatic carbocycles. The van der Waals surface area contributed by atoms with Crippen LogP contribution in [0.3, 0.4) is 0 Å². The Morgan fingerprint density at radius 1 is 0.433 bits per heavy atom. The lowest BCUT2D eigenvalue weighted by Crippen LogP contribution is -2.46. The van der Waals surface area contributed by atoms with E-state index in [2.05, 4.69) is 13.8 Å². The maximum Gasteiger partial charge on any atom is 0.285 e. The fraction of sp³-hybridized carbons (Fsp3) is 1.00. The number of ether oxygens (including phenoxy) is 3. The molecular weight excluding hydrogens is 372 g/mol. The van der Waals surface area contributed by atoms with E-state index in [-0.39, 0.29) is 0 Å². The summed E-state index contributed by atoms with van der Waals surface area (Å²) in [4.78, 5) is 0. The van der Waals surface area contributed by atoms with Crippen molar-refractivity contribution in [3.05, 3.63) is 0 Å². The first-order valence-corrected chi connectivity index (χ1v) is 13.6. The van der Waals surface area contributed by atoms with Crippen molar-refractivity contribution in [2.45, 2.75) is 150 Å². The van der Waals surface area contributed by atoms with Crippen LogP contribution in [0.1, 0.15) is 144 Å². The molecule has 0 aromatic heterocycles. The van der Waals surface area contributed by atoms with Gasteiger partial charge in [-0.3, -0.25) is 0 Å². The molecule has 0 N–H and O–H groups in total. The molecule has 0 radical (unpaired) electrons. The molecule has 0 aromatic carbocycles. The zero-order valence-electron chi connectivity index (χ0n) is 21.4. The van der Waals surface area contributed by atoms with Crippen LogP contribution >= 0.6 is 0 Å². The maximum atomic E-state index is 6.16. The third kappa shape index (κ3) is 14.8. The van der Waals surface area contributed by atoms with Gasteiger partial charge in [-0.1, -0.05) is 110 Å². The second-order valence-electron chi connectivity index (χ2n) is 8.77. The molecule has 182 valence electrons. The molecule has 0 saturated heterocycles. The molecule has 3 nitrogen and oxygen atoms in total. The van der Waals surface area contributed by atoms with Crippen LogP contribution in [0.25, 0.3) is 0 Å². The summed E-state index contributed by atoms with van der Waals surface area (Å²) < 4.78 is 18.5. The summed E-state index contributed by atoms with van der Waals surface area (Å²) in [6.07, 6.45) is 22.5. The van der Waals surface area contributed by atoms with E-state index in [1.807, 2.05) is 20.8 Å². The summed E-state index contributed by atoms with van der Waals surface area (Å²) in [6, 6.07) is 0. The van der Waals surface area contributed by atoms with Gasteiger partial charge in [-0.2, -0.15) is 0 Å². The van der Waals surface area contributed by atoms with Gasteiger partial charge in [0.15, 0.2) is 0 Å². The number of rotatable bonds is 24. The Kier molecular flexibility index (Phi) is 22.0. The molecule has 0 bridgehead atoms. The Balaban J connectivity index is 4.56. The molecule has 0 amide bonds. The zero-order valence-corrected chi connectivity index (χ0v) is 21.4. The third-order valence-electron chi connectivity index (χ3n) is 6.10. The van der Waals surface area contributed by atoms with Crippen molar-refractivity contribution in [2.24, 2.45) is 5.92 Å². The molecule has 0 aliphatic heterocycles. The maximum absolute atomic E-state index is 6.16. The van der Waals surface area contributed by atoms with E-state index in [0.717, 1.165) is 12.8 Å². The van der Waals surface area contributed by atoms with Crippen molar-refractivity contribution < 1.29 is 14.2 Å². The van der Waals surface area contributed by atoms with Gasteiger partial charge in [-0.05, 0) is 33.6 Å². The summed E-state index contributed by atoms with van der Waals surface area (Å²) in [5, 5.41) is 0. The smallest absolute Gasteiger partial charge is 0.285 e. The predicted molar refractivity (Wildman–Crippen MR) is 131 cm³/mol. The van der Waals surface area contributed by atoms with Crippen LogP contribution in [0, 0.1) is 5.92 Å². The van der Waals surface area contributed by atoms with Crippen LogP contribution in [-0.2, 0) is 14.2 Å². The highest BCUT2D eigenvalue weighted by atomic mass is 16.9. The molecule has 0 rings (SSSR count). The van der Waals surface area contributed by atoms with Gasteiger partial charge in [0.2, 0.25) is 0 Å². The Labute approximate surface area is 190 Å². The van der Waals surface area contributed by atoms with Crippen molar-refractivity contribution in [1.29, 1.82) is 0 Å². The molecule has 0 aromatic rings. The fourth-order valence-electron chi connectivity index (χ4n) is 4.45. The fourth-order valence-corrected chi connectivity index (χ4v) is 4.45. The first-order chi connectivity index (χ1) is 14.7. The average molecular weight is 429 g/mol. The summed E-state index contributed by atoms with van der Waals surface area (Å²) in [5.41, 5.74) is 0. The summed E-state index contributed by atoms with van der Waals surface area (Å²) in [7, 11) is 0. The van der Waals surface area contributed by atoms with Crippen LogP contribution in [-0.4, -0.2) is 25.8 Å². The van der Waals surface area contributed by atoms with E-state index < -0.39 is 5.97 Å². The van der Waals surface area contributed by atoms with E-state index in [1.54, 1.807) is 0 Å². The van der Waals surface area contributed by atoms with E-state index in [9.17, 15) is 0 Å². The van der Waals surface area contributed by atoms with Crippen LogP contribution in [0.4, 0.5) is 0 Å². The largest absolute Gasteiger partial charge is 0.328 e. The van der Waals surface area contributed by atoms with Gasteiger partial charge in [-0.15, -0.1) is 0 Å². The summed E-state index contributed by atoms with van der Waals surface area (Å²) in [6.45, 7) is 12.6. The normalized spacial score (nSPS) is 13.1. The number of unbranched alkanes of at least 4 members (excludes halogenated alkanes) is 13. The highest BCUT2D eigenvalue weighted by Crippen LogP contribution is 2.34. The van der Waals surface area contributed by atoms with Gasteiger partial charge in [-0.25, -0.2) is 0 Å². The zero-order chi connectivity index (χ0) is 22.3. The van der Waals surface area contributed by atoms with Crippen LogP contribution in [0.2, 0.25) is 0 Å². The average Bonchev–Trinajstić information content (AvgIpc) is 2.74. The Morgan fingerprint density at radius 2 is 0.733 bits per heavy atom. The van der Waals surface area contributed by atoms with Gasteiger partial charge in [0.1, 0.15) is 0 Å². The van der Waals surface area contributed by atoms with E-state index in [0.29, 0.717) is 25.7 Å². The second kappa shape index (κ2) is 22.1. The van der Waals surface area contributed by atoms with Gasteiger partial charge in [0.25, 0.3) is 5.97 Å². The van der Waals surface area contributed by atoms with Crippen molar-refractivity contribution in [1.82, 2.24) is 0 Å². The quantitative estimate of drug-likeness (QED) is 0.113. The van der Waals surface area contributed by atoms with Gasteiger partial charge < -0.3 is 14.2 Å². The number of hydrogen-bond acceptors (Lipinski definition) is 3. The standard InChI is InChI=1S/C27H56O3/c1-6-11-13-15-17-18-19-21-23-25-26(24-22-20-16-14-12-7-2)27(28-8-3,29-9-4)30-10-5/h26H,6-25H2,1-5H3. The van der Waals surface area contributed by atoms with E-state index in [1.165, 1.54) is 96.3 Å². The summed E-state index contributed by atoms with van der Waals surface area (Å²) in [5.74, 6) is -0.518. The molecule has 1 unspecified atom stereocenters. The van der Waals surface area contributed by atoms with Crippen LogP contribution in [0.5, 0.6) is 0 Å². The molecule has 0 saturated carbocycles. The highest BCUT2D eigenvalue weighted by Gasteiger charge is 2.41. The van der Waals surface area contributed by atoms with Gasteiger partial charge in [0.05, 0.1) is 0 Å². The Morgan fingerprint density at radius 3 is 1.03 bits per heavy atom. The van der Waals surface area contributed by atoms with Crippen molar-refractivity contribution in [3.63, 3.8) is 0 Å². The topological polar surface area (TPSA) is 27.7 Å². The van der Waals surface area contributed by atoms with Gasteiger partial charge in [0, 0.05) is 25.7 Å². The van der Waals surface area contributed by atoms with E-state index in [4.69, 9.17) is 14.2 Å². The molecule has 0 aliphatic rings. The number of hydrogen-bond donors (Lipinski definition) is 0. The molecule has 1 atom stereocenters. The second-order valence-corrected chi connectivity index (χ2v) is 8.77. The molecule has 0 heterocycles. The molecule has 3 heteroatoms. The van der Waals surface area contributed by atoms with Crippen LogP contribution in [0.15, 0.2) is 0 Å². The summed E-state index contributed by atoms with van der Waals surface area (Å²) >= 11 is 0. The van der Waals surface area contributed by atoms with Crippen LogP contribution < -0.4 is 0 Å². The predicted octanol–water partition coefficient (Wildman–Crippen LogP) is 9.04. The molecule has 0 spiro atoms. The van der Waals surface area contributed by atoms with Crippen molar-refractivity contribution >= 4 is 0 Å². The van der Waals surface area contributed by atoms with Crippen molar-refractivity contribution in [3.8, 4) is 0 Å². The monoisotopic (exact) mass is 428 g/mol. The lowest BCUT2D eigenvalue weighted by molar-refractivity contribution is -0.403. The first-order valence-electron chi connectivity index (χ1n) is 13.6. The first kappa shape index (κ1) is 29.9.